The maximum atomic E-state index is 5.05. The number of unbranched alkanes of at least 4 members (excludes halogenated alkanes) is 1. The van der Waals surface area contributed by atoms with Crippen LogP contribution in [0.15, 0.2) is 91.5 Å². The van der Waals surface area contributed by atoms with E-state index in [4.69, 9.17) is 12.2 Å². The molecule has 0 fully saturated rings. The molecular weight excluding hydrogens is 599 g/mol. The molecule has 0 N–H and O–H groups in total. The lowest BCUT2D eigenvalue weighted by Gasteiger charge is -2.26. The van der Waals surface area contributed by atoms with Crippen LogP contribution in [-0.2, 0) is 6.42 Å². The van der Waals surface area contributed by atoms with Gasteiger partial charge in [-0.2, -0.15) is 0 Å². The van der Waals surface area contributed by atoms with Crippen LogP contribution in [0.1, 0.15) is 142 Å². The van der Waals surface area contributed by atoms with Crippen molar-refractivity contribution in [2.45, 2.75) is 135 Å². The van der Waals surface area contributed by atoms with Gasteiger partial charge in [0.05, 0.1) is 0 Å². The SMILES string of the molecule is C=C(C)C(C)C.C=C(c1ccc(CCCC)cc1)N(CCC)CCC.CC.CC(=S)c1ccccc1C.CCC.Cc1ccccc1C. The van der Waals surface area contributed by atoms with Gasteiger partial charge in [-0.3, -0.25) is 0 Å². The lowest BCUT2D eigenvalue weighted by molar-refractivity contribution is 0.397. The fourth-order valence-corrected chi connectivity index (χ4v) is 4.21. The van der Waals surface area contributed by atoms with Crippen molar-refractivity contribution >= 4 is 22.8 Å². The molecule has 0 saturated heterocycles. The van der Waals surface area contributed by atoms with Crippen molar-refractivity contribution in [3.8, 4) is 0 Å². The molecule has 3 aromatic rings. The van der Waals surface area contributed by atoms with Gasteiger partial charge in [-0.25, -0.2) is 0 Å². The molecule has 0 bridgehead atoms. The van der Waals surface area contributed by atoms with Gasteiger partial charge in [0.1, 0.15) is 0 Å². The first-order chi connectivity index (χ1) is 22.8. The second-order valence-electron chi connectivity index (χ2n) is 12.4. The van der Waals surface area contributed by atoms with Crippen molar-refractivity contribution < 1.29 is 0 Å². The largest absolute Gasteiger partial charge is 0.372 e. The van der Waals surface area contributed by atoms with Gasteiger partial charge in [-0.1, -0.05) is 179 Å². The average Bonchev–Trinajstić information content (AvgIpc) is 3.07. The summed E-state index contributed by atoms with van der Waals surface area (Å²) in [6.07, 6.45) is 7.32. The van der Waals surface area contributed by atoms with E-state index in [1.165, 1.54) is 83.2 Å². The molecule has 0 heterocycles. The van der Waals surface area contributed by atoms with Crippen LogP contribution in [0.4, 0.5) is 0 Å². The summed E-state index contributed by atoms with van der Waals surface area (Å²) in [6, 6.07) is 25.5. The lowest BCUT2D eigenvalue weighted by atomic mass is 10.0. The van der Waals surface area contributed by atoms with E-state index in [2.05, 4.69) is 148 Å². The van der Waals surface area contributed by atoms with Crippen LogP contribution in [-0.4, -0.2) is 22.9 Å². The number of allylic oxidation sites excluding steroid dienone is 1. The zero-order chi connectivity index (χ0) is 37.5. The molecule has 48 heavy (non-hydrogen) atoms. The number of benzene rings is 3. The molecule has 0 aliphatic heterocycles. The van der Waals surface area contributed by atoms with Gasteiger partial charge in [-0.05, 0) is 99.6 Å². The Hall–Kier alpha value is -2.97. The molecule has 0 saturated carbocycles. The van der Waals surface area contributed by atoms with Crippen molar-refractivity contribution in [2.75, 3.05) is 13.1 Å². The minimum Gasteiger partial charge on any atom is -0.372 e. The first-order valence-corrected chi connectivity index (χ1v) is 19.0. The normalized spacial score (nSPS) is 9.31. The number of rotatable bonds is 11. The standard InChI is InChI=1S/C18H29N.C9H10S.C8H10.C6H12.C3H8.C2H6/c1-5-8-9-17-10-12-18(13-11-17)16(4)19(14-6-2)15-7-3;1-7-5-3-4-6-9(7)8(2)10;1-7-5-3-4-6-8(7)2;1-5(2)6(3)4;1-3-2;1-2/h10-13H,4-9,14-15H2,1-3H3;3-6H,1-2H3;3-6H,1-2H3;6H,1H2,2-4H3;3H2,1-2H3;1-2H3. The van der Waals surface area contributed by atoms with Crippen LogP contribution in [0, 0.1) is 26.7 Å². The molecule has 270 valence electrons. The number of hydrogen-bond donors (Lipinski definition) is 0. The summed E-state index contributed by atoms with van der Waals surface area (Å²) in [6.45, 7) is 39.8. The van der Waals surface area contributed by atoms with Crippen molar-refractivity contribution in [3.05, 3.63) is 125 Å². The predicted octanol–water partition coefficient (Wildman–Crippen LogP) is 14.8. The number of hydrogen-bond acceptors (Lipinski definition) is 2. The Balaban J connectivity index is -0.000000587. The van der Waals surface area contributed by atoms with E-state index in [0.29, 0.717) is 5.92 Å². The van der Waals surface area contributed by atoms with Crippen LogP contribution in [0.3, 0.4) is 0 Å². The van der Waals surface area contributed by atoms with Crippen molar-refractivity contribution in [1.29, 1.82) is 0 Å². The van der Waals surface area contributed by atoms with Crippen LogP contribution >= 0.6 is 12.2 Å². The monoisotopic (exact) mass is 674 g/mol. The van der Waals surface area contributed by atoms with Gasteiger partial charge < -0.3 is 4.90 Å². The summed E-state index contributed by atoms with van der Waals surface area (Å²) < 4.78 is 0. The van der Waals surface area contributed by atoms with E-state index in [1.54, 1.807) is 0 Å². The molecule has 3 rings (SSSR count). The van der Waals surface area contributed by atoms with Gasteiger partial charge in [0.15, 0.2) is 0 Å². The smallest absolute Gasteiger partial charge is 0.0366 e. The minimum atomic E-state index is 0.657. The summed E-state index contributed by atoms with van der Waals surface area (Å²) in [5, 5.41) is 0. The highest BCUT2D eigenvalue weighted by Gasteiger charge is 2.08. The van der Waals surface area contributed by atoms with Crippen LogP contribution in [0.25, 0.3) is 5.70 Å². The van der Waals surface area contributed by atoms with Crippen molar-refractivity contribution in [3.63, 3.8) is 0 Å². The maximum Gasteiger partial charge on any atom is 0.0366 e. The molecule has 0 unspecified atom stereocenters. The van der Waals surface area contributed by atoms with Gasteiger partial charge in [0.2, 0.25) is 0 Å². The molecule has 0 aliphatic carbocycles. The van der Waals surface area contributed by atoms with Gasteiger partial charge in [0.25, 0.3) is 0 Å². The Labute approximate surface area is 306 Å². The van der Waals surface area contributed by atoms with E-state index < -0.39 is 0 Å². The Kier molecular flexibility index (Phi) is 33.5. The predicted molar refractivity (Wildman–Crippen MR) is 228 cm³/mol. The summed E-state index contributed by atoms with van der Waals surface area (Å²) in [5.74, 6) is 0.657. The number of nitrogens with zero attached hydrogens (tertiary/aromatic N) is 1. The fourth-order valence-electron chi connectivity index (χ4n) is 3.98. The quantitative estimate of drug-likeness (QED) is 0.113. The van der Waals surface area contributed by atoms with Crippen LogP contribution in [0.2, 0.25) is 0 Å². The van der Waals surface area contributed by atoms with Crippen molar-refractivity contribution in [1.82, 2.24) is 4.90 Å². The minimum absolute atomic E-state index is 0.657. The topological polar surface area (TPSA) is 3.24 Å². The molecule has 0 amide bonds. The third-order valence-electron chi connectivity index (χ3n) is 7.41. The Morgan fingerprint density at radius 1 is 0.667 bits per heavy atom. The first-order valence-electron chi connectivity index (χ1n) is 18.6. The molecule has 0 radical (unpaired) electrons. The van der Waals surface area contributed by atoms with E-state index in [-0.39, 0.29) is 0 Å². The van der Waals surface area contributed by atoms with Gasteiger partial charge >= 0.3 is 0 Å². The molecule has 0 atom stereocenters. The average molecular weight is 674 g/mol. The molecule has 0 aromatic heterocycles. The first kappa shape index (κ1) is 49.4. The highest BCUT2D eigenvalue weighted by molar-refractivity contribution is 7.80. The molecule has 0 aliphatic rings. The summed E-state index contributed by atoms with van der Waals surface area (Å²) in [4.78, 5) is 3.37. The molecule has 3 aromatic carbocycles. The third kappa shape index (κ3) is 25.1. The van der Waals surface area contributed by atoms with Gasteiger partial charge in [-0.15, -0.1) is 0 Å². The second-order valence-corrected chi connectivity index (χ2v) is 13.0. The van der Waals surface area contributed by atoms with E-state index in [0.717, 1.165) is 18.0 Å². The maximum absolute atomic E-state index is 5.05. The highest BCUT2D eigenvalue weighted by atomic mass is 32.1. The fraction of sp³-hybridized carbons (Fsp3) is 0.500. The lowest BCUT2D eigenvalue weighted by Crippen LogP contribution is -2.23. The van der Waals surface area contributed by atoms with Gasteiger partial charge in [0, 0.05) is 23.7 Å². The zero-order valence-corrected chi connectivity index (χ0v) is 34.7. The third-order valence-corrected chi connectivity index (χ3v) is 7.63. The Bertz CT molecular complexity index is 1190. The zero-order valence-electron chi connectivity index (χ0n) is 33.9. The molecule has 2 heteroatoms. The molecular formula is C46H75NS. The summed E-state index contributed by atoms with van der Waals surface area (Å²) in [7, 11) is 0. The summed E-state index contributed by atoms with van der Waals surface area (Å²) >= 11 is 5.05. The molecule has 0 spiro atoms. The van der Waals surface area contributed by atoms with Crippen LogP contribution in [0.5, 0.6) is 0 Å². The van der Waals surface area contributed by atoms with E-state index in [9.17, 15) is 0 Å². The van der Waals surface area contributed by atoms with E-state index >= 15 is 0 Å². The van der Waals surface area contributed by atoms with Crippen LogP contribution < -0.4 is 0 Å². The highest BCUT2D eigenvalue weighted by Crippen LogP contribution is 2.19. The Morgan fingerprint density at radius 3 is 1.35 bits per heavy atom. The van der Waals surface area contributed by atoms with Crippen molar-refractivity contribution in [2.24, 2.45) is 5.92 Å². The van der Waals surface area contributed by atoms with E-state index in [1.807, 2.05) is 39.8 Å². The summed E-state index contributed by atoms with van der Waals surface area (Å²) in [5.41, 5.74) is 10.3. The molecule has 1 nitrogen and oxygen atoms in total. The second kappa shape index (κ2) is 32.6. The number of thiocarbonyl (C=S) groups is 1. The number of aryl methyl sites for hydroxylation is 4. The Morgan fingerprint density at radius 2 is 1.06 bits per heavy atom.